The van der Waals surface area contributed by atoms with E-state index in [0.29, 0.717) is 17.2 Å². The normalized spacial score (nSPS) is 11.9. The zero-order valence-corrected chi connectivity index (χ0v) is 19.1. The third-order valence-electron chi connectivity index (χ3n) is 4.47. The van der Waals surface area contributed by atoms with E-state index in [1.165, 1.54) is 23.9 Å². The molecule has 2 amide bonds. The van der Waals surface area contributed by atoms with E-state index < -0.39 is 6.04 Å². The first kappa shape index (κ1) is 24.2. The standard InChI is InChI=1S/C23H28ClFN2O2S/c1-4-21(23(29)26-16(2)3)27(13-17-8-10-20(25)11-9-17)22(28)15-30-14-18-6-5-7-19(24)12-18/h5-12,16,21H,4,13-15H2,1-3H3,(H,26,29)/t21-/m1/s1. The fourth-order valence-corrected chi connectivity index (χ4v) is 4.12. The number of nitrogens with one attached hydrogen (secondary N) is 1. The van der Waals surface area contributed by atoms with Gasteiger partial charge in [-0.15, -0.1) is 11.8 Å². The van der Waals surface area contributed by atoms with Crippen molar-refractivity contribution >= 4 is 35.2 Å². The van der Waals surface area contributed by atoms with Gasteiger partial charge in [0.25, 0.3) is 0 Å². The maximum atomic E-state index is 13.3. The summed E-state index contributed by atoms with van der Waals surface area (Å²) in [5, 5.41) is 3.56. The summed E-state index contributed by atoms with van der Waals surface area (Å²) in [4.78, 5) is 27.4. The molecule has 2 aromatic carbocycles. The molecule has 0 heterocycles. The summed E-state index contributed by atoms with van der Waals surface area (Å²) in [6, 6.07) is 12.9. The topological polar surface area (TPSA) is 49.4 Å². The lowest BCUT2D eigenvalue weighted by Crippen LogP contribution is -2.50. The van der Waals surface area contributed by atoms with E-state index in [4.69, 9.17) is 11.6 Å². The fraction of sp³-hybridized carbons (Fsp3) is 0.391. The molecule has 0 saturated heterocycles. The maximum absolute atomic E-state index is 13.3. The second-order valence-electron chi connectivity index (χ2n) is 7.36. The first-order valence-corrected chi connectivity index (χ1v) is 11.5. The SMILES string of the molecule is CC[C@H](C(=O)NC(C)C)N(Cc1ccc(F)cc1)C(=O)CSCc1cccc(Cl)c1. The van der Waals surface area contributed by atoms with Crippen molar-refractivity contribution in [2.75, 3.05) is 5.75 Å². The molecule has 0 radical (unpaired) electrons. The van der Waals surface area contributed by atoms with Crippen LogP contribution in [0.15, 0.2) is 48.5 Å². The first-order valence-electron chi connectivity index (χ1n) is 9.96. The number of thioether (sulfide) groups is 1. The van der Waals surface area contributed by atoms with Crippen LogP contribution in [0.4, 0.5) is 4.39 Å². The third kappa shape index (κ3) is 7.65. The molecule has 1 N–H and O–H groups in total. The molecule has 30 heavy (non-hydrogen) atoms. The molecular weight excluding hydrogens is 423 g/mol. The summed E-state index contributed by atoms with van der Waals surface area (Å²) in [6.07, 6.45) is 0.491. The van der Waals surface area contributed by atoms with Crippen LogP contribution in [0, 0.1) is 5.82 Å². The van der Waals surface area contributed by atoms with Gasteiger partial charge in [-0.25, -0.2) is 4.39 Å². The number of benzene rings is 2. The van der Waals surface area contributed by atoms with E-state index in [1.54, 1.807) is 17.0 Å². The van der Waals surface area contributed by atoms with E-state index in [-0.39, 0.29) is 36.0 Å². The molecular formula is C23H28ClFN2O2S. The van der Waals surface area contributed by atoms with Gasteiger partial charge in [0.15, 0.2) is 0 Å². The van der Waals surface area contributed by atoms with Gasteiger partial charge in [-0.1, -0.05) is 42.8 Å². The van der Waals surface area contributed by atoms with Crippen molar-refractivity contribution in [3.05, 3.63) is 70.5 Å². The van der Waals surface area contributed by atoms with Crippen molar-refractivity contribution in [1.29, 1.82) is 0 Å². The molecule has 0 fully saturated rings. The number of rotatable bonds is 10. The highest BCUT2D eigenvalue weighted by molar-refractivity contribution is 7.99. The van der Waals surface area contributed by atoms with Crippen LogP contribution in [0.2, 0.25) is 5.02 Å². The molecule has 0 aliphatic heterocycles. The predicted molar refractivity (Wildman–Crippen MR) is 122 cm³/mol. The monoisotopic (exact) mass is 450 g/mol. The van der Waals surface area contributed by atoms with E-state index in [0.717, 1.165) is 11.1 Å². The summed E-state index contributed by atoms with van der Waals surface area (Å²) in [5.74, 6) is 0.239. The fourth-order valence-electron chi connectivity index (χ4n) is 3.05. The van der Waals surface area contributed by atoms with E-state index in [2.05, 4.69) is 5.32 Å². The van der Waals surface area contributed by atoms with Crippen LogP contribution in [0.25, 0.3) is 0 Å². The average Bonchev–Trinajstić information content (AvgIpc) is 2.68. The quantitative estimate of drug-likeness (QED) is 0.551. The minimum atomic E-state index is -0.586. The minimum absolute atomic E-state index is 0.0217. The Morgan fingerprint density at radius 1 is 1.13 bits per heavy atom. The summed E-state index contributed by atoms with van der Waals surface area (Å²) in [6.45, 7) is 5.91. The Kier molecular flexibility index (Phi) is 9.66. The summed E-state index contributed by atoms with van der Waals surface area (Å²) >= 11 is 7.50. The molecule has 1 atom stereocenters. The number of carbonyl (C=O) groups is 2. The predicted octanol–water partition coefficient (Wildman–Crippen LogP) is 5.04. The van der Waals surface area contributed by atoms with Gasteiger partial charge < -0.3 is 10.2 Å². The second kappa shape index (κ2) is 12.0. The highest BCUT2D eigenvalue weighted by Gasteiger charge is 2.28. The smallest absolute Gasteiger partial charge is 0.243 e. The molecule has 0 bridgehead atoms. The van der Waals surface area contributed by atoms with Crippen LogP contribution in [-0.4, -0.2) is 34.6 Å². The van der Waals surface area contributed by atoms with Crippen LogP contribution in [0.5, 0.6) is 0 Å². The number of hydrogen-bond acceptors (Lipinski definition) is 3. The third-order valence-corrected chi connectivity index (χ3v) is 5.69. The van der Waals surface area contributed by atoms with Gasteiger partial charge in [0.05, 0.1) is 5.75 Å². The maximum Gasteiger partial charge on any atom is 0.243 e. The lowest BCUT2D eigenvalue weighted by atomic mass is 10.1. The van der Waals surface area contributed by atoms with Gasteiger partial charge in [-0.2, -0.15) is 0 Å². The highest BCUT2D eigenvalue weighted by atomic mass is 35.5. The first-order chi connectivity index (χ1) is 14.3. The summed E-state index contributed by atoms with van der Waals surface area (Å²) in [5.41, 5.74) is 1.82. The van der Waals surface area contributed by atoms with E-state index >= 15 is 0 Å². The van der Waals surface area contributed by atoms with Gasteiger partial charge >= 0.3 is 0 Å². The Bertz CT molecular complexity index is 845. The van der Waals surface area contributed by atoms with Crippen molar-refractivity contribution in [3.8, 4) is 0 Å². The zero-order valence-electron chi connectivity index (χ0n) is 17.5. The van der Waals surface area contributed by atoms with Crippen molar-refractivity contribution in [2.24, 2.45) is 0 Å². The van der Waals surface area contributed by atoms with Crippen LogP contribution in [-0.2, 0) is 21.9 Å². The van der Waals surface area contributed by atoms with Gasteiger partial charge in [-0.05, 0) is 55.7 Å². The number of amides is 2. The number of halogens is 2. The van der Waals surface area contributed by atoms with Crippen molar-refractivity contribution in [1.82, 2.24) is 10.2 Å². The van der Waals surface area contributed by atoms with Crippen molar-refractivity contribution in [3.63, 3.8) is 0 Å². The summed E-state index contributed by atoms with van der Waals surface area (Å²) < 4.78 is 13.3. The van der Waals surface area contributed by atoms with Gasteiger partial charge in [0.1, 0.15) is 11.9 Å². The van der Waals surface area contributed by atoms with E-state index in [9.17, 15) is 14.0 Å². The molecule has 0 aliphatic rings. The van der Waals surface area contributed by atoms with Crippen LogP contribution >= 0.6 is 23.4 Å². The van der Waals surface area contributed by atoms with Crippen LogP contribution < -0.4 is 5.32 Å². The number of hydrogen-bond donors (Lipinski definition) is 1. The highest BCUT2D eigenvalue weighted by Crippen LogP contribution is 2.19. The van der Waals surface area contributed by atoms with E-state index in [1.807, 2.05) is 45.0 Å². The summed E-state index contributed by atoms with van der Waals surface area (Å²) in [7, 11) is 0. The van der Waals surface area contributed by atoms with Gasteiger partial charge in [0.2, 0.25) is 11.8 Å². The Hall–Kier alpha value is -2.05. The zero-order chi connectivity index (χ0) is 22.1. The Balaban J connectivity index is 2.12. The molecule has 0 aromatic heterocycles. The Labute approximate surface area is 187 Å². The molecule has 7 heteroatoms. The molecule has 0 aliphatic carbocycles. The number of nitrogens with zero attached hydrogens (tertiary/aromatic N) is 1. The molecule has 4 nitrogen and oxygen atoms in total. The van der Waals surface area contributed by atoms with Gasteiger partial charge in [-0.3, -0.25) is 9.59 Å². The molecule has 2 aromatic rings. The molecule has 0 unspecified atom stereocenters. The Morgan fingerprint density at radius 3 is 2.43 bits per heavy atom. The van der Waals surface area contributed by atoms with Crippen molar-refractivity contribution < 1.29 is 14.0 Å². The lowest BCUT2D eigenvalue weighted by molar-refractivity contribution is -0.139. The average molecular weight is 451 g/mol. The second-order valence-corrected chi connectivity index (χ2v) is 8.78. The molecule has 2 rings (SSSR count). The number of carbonyl (C=O) groups excluding carboxylic acids is 2. The molecule has 162 valence electrons. The van der Waals surface area contributed by atoms with Gasteiger partial charge in [0, 0.05) is 23.4 Å². The lowest BCUT2D eigenvalue weighted by Gasteiger charge is -2.31. The largest absolute Gasteiger partial charge is 0.352 e. The Morgan fingerprint density at radius 2 is 1.83 bits per heavy atom. The van der Waals surface area contributed by atoms with Crippen LogP contribution in [0.3, 0.4) is 0 Å². The van der Waals surface area contributed by atoms with Crippen molar-refractivity contribution in [2.45, 2.75) is 51.6 Å². The van der Waals surface area contributed by atoms with Crippen LogP contribution in [0.1, 0.15) is 38.3 Å². The molecule has 0 saturated carbocycles. The minimum Gasteiger partial charge on any atom is -0.352 e. The molecule has 0 spiro atoms.